The zero-order valence-corrected chi connectivity index (χ0v) is 13.1. The van der Waals surface area contributed by atoms with Crippen LogP contribution in [0.15, 0.2) is 42.5 Å². The van der Waals surface area contributed by atoms with Gasteiger partial charge in [0.05, 0.1) is 11.6 Å². The summed E-state index contributed by atoms with van der Waals surface area (Å²) in [6.07, 6.45) is 1.10. The average molecular weight is 316 g/mol. The first-order chi connectivity index (χ1) is 10.2. The smallest absolute Gasteiger partial charge is 0.0608 e. The van der Waals surface area contributed by atoms with Gasteiger partial charge in [-0.3, -0.25) is 4.90 Å². The van der Waals surface area contributed by atoms with Crippen molar-refractivity contribution in [3.05, 3.63) is 69.2 Å². The molecule has 0 fully saturated rings. The van der Waals surface area contributed by atoms with E-state index in [0.29, 0.717) is 10.0 Å². The van der Waals surface area contributed by atoms with Gasteiger partial charge in [-0.25, -0.2) is 0 Å². The molecule has 21 heavy (non-hydrogen) atoms. The lowest BCUT2D eigenvalue weighted by atomic mass is 10.00. The highest BCUT2D eigenvalue weighted by Gasteiger charge is 2.14. The van der Waals surface area contributed by atoms with E-state index in [1.54, 1.807) is 6.07 Å². The molecule has 1 aliphatic heterocycles. The number of hydrogen-bond donors (Lipinski definition) is 0. The molecular weight excluding hydrogens is 301 g/mol. The van der Waals surface area contributed by atoms with Crippen LogP contribution in [-0.2, 0) is 13.0 Å². The van der Waals surface area contributed by atoms with Crippen molar-refractivity contribution in [3.8, 4) is 11.8 Å². The molecule has 0 N–H and O–H groups in total. The largest absolute Gasteiger partial charge is 0.288 e. The summed E-state index contributed by atoms with van der Waals surface area (Å²) in [4.78, 5) is 2.36. The Morgan fingerprint density at radius 1 is 1.05 bits per heavy atom. The summed E-state index contributed by atoms with van der Waals surface area (Å²) >= 11 is 12.0. The molecule has 0 spiro atoms. The third kappa shape index (κ3) is 3.60. The minimum Gasteiger partial charge on any atom is -0.288 e. The van der Waals surface area contributed by atoms with E-state index < -0.39 is 0 Å². The standard InChI is InChI=1S/C18H15Cl2N/c19-17-8-7-15(18(20)12-17)6-3-10-21-11-9-14-4-1-2-5-16(14)13-21/h1-2,4-5,7-8,12H,9-11,13H2. The lowest BCUT2D eigenvalue weighted by Crippen LogP contribution is -2.30. The Balaban J connectivity index is 1.66. The summed E-state index contributed by atoms with van der Waals surface area (Å²) in [6, 6.07) is 14.0. The zero-order valence-electron chi connectivity index (χ0n) is 11.6. The van der Waals surface area contributed by atoms with Crippen LogP contribution in [0, 0.1) is 11.8 Å². The number of nitrogens with zero attached hydrogens (tertiary/aromatic N) is 1. The molecule has 0 radical (unpaired) electrons. The lowest BCUT2D eigenvalue weighted by Gasteiger charge is -2.26. The monoisotopic (exact) mass is 315 g/mol. The van der Waals surface area contributed by atoms with E-state index in [4.69, 9.17) is 23.2 Å². The van der Waals surface area contributed by atoms with Crippen molar-refractivity contribution in [1.82, 2.24) is 4.90 Å². The summed E-state index contributed by atoms with van der Waals surface area (Å²) in [5, 5.41) is 1.25. The van der Waals surface area contributed by atoms with Crippen molar-refractivity contribution in [1.29, 1.82) is 0 Å². The maximum absolute atomic E-state index is 6.12. The predicted octanol–water partition coefficient (Wildman–Crippen LogP) is 4.40. The van der Waals surface area contributed by atoms with E-state index in [2.05, 4.69) is 41.0 Å². The fraction of sp³-hybridized carbons (Fsp3) is 0.222. The third-order valence-electron chi connectivity index (χ3n) is 3.67. The van der Waals surface area contributed by atoms with Gasteiger partial charge in [0.25, 0.3) is 0 Å². The van der Waals surface area contributed by atoms with Gasteiger partial charge in [0.15, 0.2) is 0 Å². The van der Waals surface area contributed by atoms with Crippen LogP contribution in [0.1, 0.15) is 16.7 Å². The molecular formula is C18H15Cl2N. The molecule has 0 unspecified atom stereocenters. The molecule has 0 aromatic heterocycles. The Hall–Kier alpha value is -1.46. The van der Waals surface area contributed by atoms with Gasteiger partial charge in [0, 0.05) is 23.7 Å². The second-order valence-electron chi connectivity index (χ2n) is 5.16. The Labute approximate surface area is 135 Å². The molecule has 1 heterocycles. The Morgan fingerprint density at radius 3 is 2.67 bits per heavy atom. The number of benzene rings is 2. The van der Waals surface area contributed by atoms with Crippen LogP contribution >= 0.6 is 23.2 Å². The zero-order chi connectivity index (χ0) is 14.7. The molecule has 106 valence electrons. The van der Waals surface area contributed by atoms with Gasteiger partial charge in [0.1, 0.15) is 0 Å². The van der Waals surface area contributed by atoms with Crippen LogP contribution in [-0.4, -0.2) is 18.0 Å². The maximum Gasteiger partial charge on any atom is 0.0608 e. The Kier molecular flexibility index (Phi) is 4.51. The Morgan fingerprint density at radius 2 is 1.86 bits per heavy atom. The van der Waals surface area contributed by atoms with Crippen LogP contribution in [0.5, 0.6) is 0 Å². The molecule has 0 bridgehead atoms. The fourth-order valence-corrected chi connectivity index (χ4v) is 2.98. The average Bonchev–Trinajstić information content (AvgIpc) is 2.49. The molecule has 3 heteroatoms. The first-order valence-electron chi connectivity index (χ1n) is 6.95. The van der Waals surface area contributed by atoms with Crippen molar-refractivity contribution >= 4 is 23.2 Å². The first kappa shape index (κ1) is 14.5. The molecule has 0 atom stereocenters. The van der Waals surface area contributed by atoms with Crippen LogP contribution in [0.3, 0.4) is 0 Å². The third-order valence-corrected chi connectivity index (χ3v) is 4.21. The molecule has 2 aromatic carbocycles. The number of hydrogen-bond acceptors (Lipinski definition) is 1. The van der Waals surface area contributed by atoms with Crippen molar-refractivity contribution < 1.29 is 0 Å². The summed E-state index contributed by atoms with van der Waals surface area (Å²) in [5.74, 6) is 6.34. The van der Waals surface area contributed by atoms with Gasteiger partial charge in [-0.2, -0.15) is 0 Å². The van der Waals surface area contributed by atoms with Crippen LogP contribution in [0.25, 0.3) is 0 Å². The van der Waals surface area contributed by atoms with Gasteiger partial charge in [-0.05, 0) is 35.7 Å². The van der Waals surface area contributed by atoms with Crippen LogP contribution in [0.2, 0.25) is 10.0 Å². The van der Waals surface area contributed by atoms with Crippen molar-refractivity contribution in [2.75, 3.05) is 13.1 Å². The van der Waals surface area contributed by atoms with E-state index in [1.807, 2.05) is 12.1 Å². The molecule has 2 aromatic rings. The van der Waals surface area contributed by atoms with Gasteiger partial charge in [-0.15, -0.1) is 0 Å². The molecule has 1 aliphatic rings. The fourth-order valence-electron chi connectivity index (χ4n) is 2.53. The molecule has 0 saturated heterocycles. The second kappa shape index (κ2) is 6.54. The molecule has 0 aliphatic carbocycles. The van der Waals surface area contributed by atoms with Crippen LogP contribution in [0.4, 0.5) is 0 Å². The number of rotatable bonds is 1. The predicted molar refractivity (Wildman–Crippen MR) is 88.8 cm³/mol. The van der Waals surface area contributed by atoms with Crippen LogP contribution < -0.4 is 0 Å². The highest BCUT2D eigenvalue weighted by atomic mass is 35.5. The van der Waals surface area contributed by atoms with Crippen molar-refractivity contribution in [2.24, 2.45) is 0 Å². The summed E-state index contributed by atoms with van der Waals surface area (Å²) in [5.41, 5.74) is 3.70. The van der Waals surface area contributed by atoms with E-state index in [-0.39, 0.29) is 0 Å². The van der Waals surface area contributed by atoms with Gasteiger partial charge >= 0.3 is 0 Å². The van der Waals surface area contributed by atoms with Gasteiger partial charge < -0.3 is 0 Å². The van der Waals surface area contributed by atoms with Gasteiger partial charge in [0.2, 0.25) is 0 Å². The Bertz CT molecular complexity index is 713. The summed E-state index contributed by atoms with van der Waals surface area (Å²) < 4.78 is 0. The number of fused-ring (bicyclic) bond motifs is 1. The minimum absolute atomic E-state index is 0.610. The number of halogens is 2. The molecule has 0 amide bonds. The van der Waals surface area contributed by atoms with Crippen molar-refractivity contribution in [2.45, 2.75) is 13.0 Å². The molecule has 3 rings (SSSR count). The van der Waals surface area contributed by atoms with E-state index in [1.165, 1.54) is 11.1 Å². The summed E-state index contributed by atoms with van der Waals surface area (Å²) in [7, 11) is 0. The van der Waals surface area contributed by atoms with E-state index in [9.17, 15) is 0 Å². The first-order valence-corrected chi connectivity index (χ1v) is 7.71. The normalized spacial score (nSPS) is 14.2. The molecule has 0 saturated carbocycles. The van der Waals surface area contributed by atoms with Gasteiger partial charge in [-0.1, -0.05) is 59.3 Å². The van der Waals surface area contributed by atoms with Crippen molar-refractivity contribution in [3.63, 3.8) is 0 Å². The minimum atomic E-state index is 0.610. The second-order valence-corrected chi connectivity index (χ2v) is 6.00. The maximum atomic E-state index is 6.12. The highest BCUT2D eigenvalue weighted by molar-refractivity contribution is 6.35. The quantitative estimate of drug-likeness (QED) is 0.705. The van der Waals surface area contributed by atoms with E-state index >= 15 is 0 Å². The SMILES string of the molecule is Clc1ccc(C#CCN2CCc3ccccc3C2)c(Cl)c1. The molecule has 1 nitrogen and oxygen atoms in total. The highest BCUT2D eigenvalue weighted by Crippen LogP contribution is 2.20. The lowest BCUT2D eigenvalue weighted by molar-refractivity contribution is 0.286. The van der Waals surface area contributed by atoms with E-state index in [0.717, 1.165) is 31.6 Å². The topological polar surface area (TPSA) is 3.24 Å². The summed E-state index contributed by atoms with van der Waals surface area (Å²) in [6.45, 7) is 2.78.